The van der Waals surface area contributed by atoms with E-state index in [2.05, 4.69) is 27.8 Å². The fourth-order valence-corrected chi connectivity index (χ4v) is 3.41. The van der Waals surface area contributed by atoms with Crippen LogP contribution in [-0.4, -0.2) is 12.9 Å². The van der Waals surface area contributed by atoms with E-state index >= 15 is 0 Å². The highest BCUT2D eigenvalue weighted by Crippen LogP contribution is 2.52. The number of ether oxygens (including phenoxy) is 2. The van der Waals surface area contributed by atoms with E-state index in [9.17, 15) is 4.79 Å². The zero-order valence-electron chi connectivity index (χ0n) is 10.7. The molecule has 2 aliphatic rings. The topological polar surface area (TPSA) is 47.9 Å². The molecule has 0 amide bonds. The average Bonchev–Trinajstić information content (AvgIpc) is 2.83. The number of halogens is 1. The number of isocyanates is 1. The molecule has 0 unspecified atom stereocenters. The summed E-state index contributed by atoms with van der Waals surface area (Å²) in [6, 6.07) is 2.02. The molecule has 0 radical (unpaired) electrons. The average molecular weight is 324 g/mol. The van der Waals surface area contributed by atoms with E-state index < -0.39 is 5.54 Å². The lowest BCUT2D eigenvalue weighted by atomic mass is 9.70. The molecule has 1 aliphatic carbocycles. The minimum Gasteiger partial charge on any atom is -0.453 e. The molecule has 0 bridgehead atoms. The molecule has 0 atom stereocenters. The normalized spacial score (nSPS) is 18.6. The molecule has 1 aliphatic heterocycles. The van der Waals surface area contributed by atoms with Crippen LogP contribution in [0.15, 0.2) is 15.5 Å². The van der Waals surface area contributed by atoms with Crippen LogP contribution in [-0.2, 0) is 16.8 Å². The first kappa shape index (κ1) is 12.7. The van der Waals surface area contributed by atoms with Crippen molar-refractivity contribution in [1.82, 2.24) is 0 Å². The van der Waals surface area contributed by atoms with E-state index in [0.717, 1.165) is 52.8 Å². The van der Waals surface area contributed by atoms with Gasteiger partial charge in [-0.15, -0.1) is 0 Å². The van der Waals surface area contributed by atoms with Crippen LogP contribution in [0.4, 0.5) is 0 Å². The van der Waals surface area contributed by atoms with Crippen molar-refractivity contribution in [1.29, 1.82) is 0 Å². The lowest BCUT2D eigenvalue weighted by Gasteiger charge is -2.38. The van der Waals surface area contributed by atoms with Crippen LogP contribution in [0.1, 0.15) is 37.3 Å². The van der Waals surface area contributed by atoms with Gasteiger partial charge < -0.3 is 9.47 Å². The number of rotatable bonds is 3. The van der Waals surface area contributed by atoms with Gasteiger partial charge in [0.25, 0.3) is 0 Å². The second-order valence-electron chi connectivity index (χ2n) is 4.89. The number of fused-ring (bicyclic) bond motifs is 1. The molecule has 0 aromatic heterocycles. The van der Waals surface area contributed by atoms with Gasteiger partial charge in [-0.2, -0.15) is 4.99 Å². The Morgan fingerprint density at radius 1 is 1.42 bits per heavy atom. The van der Waals surface area contributed by atoms with Crippen molar-refractivity contribution in [3.05, 3.63) is 21.7 Å². The van der Waals surface area contributed by atoms with Gasteiger partial charge in [-0.1, -0.05) is 6.92 Å². The van der Waals surface area contributed by atoms with Gasteiger partial charge in [0.2, 0.25) is 12.9 Å². The molecule has 1 heterocycles. The van der Waals surface area contributed by atoms with Gasteiger partial charge in [0, 0.05) is 5.56 Å². The summed E-state index contributed by atoms with van der Waals surface area (Å²) < 4.78 is 11.9. The van der Waals surface area contributed by atoms with Crippen LogP contribution < -0.4 is 9.47 Å². The maximum Gasteiger partial charge on any atom is 0.235 e. The summed E-state index contributed by atoms with van der Waals surface area (Å²) in [6.45, 7) is 2.32. The third kappa shape index (κ3) is 1.80. The van der Waals surface area contributed by atoms with E-state index in [1.165, 1.54) is 0 Å². The smallest absolute Gasteiger partial charge is 0.235 e. The van der Waals surface area contributed by atoms with Crippen molar-refractivity contribution in [3.63, 3.8) is 0 Å². The fourth-order valence-electron chi connectivity index (χ4n) is 2.89. The number of nitrogens with zero attached hydrogens (tertiary/aromatic N) is 1. The van der Waals surface area contributed by atoms with Crippen LogP contribution in [0.25, 0.3) is 0 Å². The van der Waals surface area contributed by atoms with Gasteiger partial charge in [0.05, 0.1) is 10.0 Å². The summed E-state index contributed by atoms with van der Waals surface area (Å²) in [4.78, 5) is 14.8. The van der Waals surface area contributed by atoms with Crippen molar-refractivity contribution in [3.8, 4) is 11.5 Å². The number of hydrogen-bond acceptors (Lipinski definition) is 4. The van der Waals surface area contributed by atoms with Crippen LogP contribution in [0.2, 0.25) is 0 Å². The van der Waals surface area contributed by atoms with Crippen LogP contribution in [0.3, 0.4) is 0 Å². The van der Waals surface area contributed by atoms with Crippen LogP contribution >= 0.6 is 15.9 Å². The van der Waals surface area contributed by atoms with E-state index in [-0.39, 0.29) is 6.79 Å². The number of benzene rings is 1. The second-order valence-corrected chi connectivity index (χ2v) is 5.75. The van der Waals surface area contributed by atoms with E-state index in [1.807, 2.05) is 6.07 Å². The largest absolute Gasteiger partial charge is 0.453 e. The Kier molecular flexibility index (Phi) is 3.11. The van der Waals surface area contributed by atoms with Crippen LogP contribution in [0, 0.1) is 0 Å². The summed E-state index contributed by atoms with van der Waals surface area (Å²) in [5.74, 6) is 1.55. The molecule has 100 valence electrons. The molecule has 1 saturated carbocycles. The van der Waals surface area contributed by atoms with E-state index in [4.69, 9.17) is 9.47 Å². The Morgan fingerprint density at radius 3 is 2.74 bits per heavy atom. The SMILES string of the molecule is CCc1c(C2(N=C=O)CCC2)cc(Br)c2c1OCO2. The quantitative estimate of drug-likeness (QED) is 0.632. The number of carbonyl (C=O) groups excluding carboxylic acids is 1. The van der Waals surface area contributed by atoms with Gasteiger partial charge in [0.1, 0.15) is 0 Å². The van der Waals surface area contributed by atoms with Crippen molar-refractivity contribution in [2.45, 2.75) is 38.1 Å². The molecule has 1 aromatic carbocycles. The molecule has 0 spiro atoms. The lowest BCUT2D eigenvalue weighted by molar-refractivity contribution is 0.172. The minimum absolute atomic E-state index is 0.244. The Bertz CT molecular complexity index is 575. The first-order valence-corrected chi connectivity index (χ1v) is 7.21. The zero-order valence-corrected chi connectivity index (χ0v) is 12.2. The maximum atomic E-state index is 10.7. The van der Waals surface area contributed by atoms with Crippen molar-refractivity contribution in [2.24, 2.45) is 4.99 Å². The van der Waals surface area contributed by atoms with E-state index in [1.54, 1.807) is 6.08 Å². The summed E-state index contributed by atoms with van der Waals surface area (Å²) in [7, 11) is 0. The Hall–Kier alpha value is -1.32. The highest BCUT2D eigenvalue weighted by atomic mass is 79.9. The highest BCUT2D eigenvalue weighted by molar-refractivity contribution is 9.10. The fraction of sp³-hybridized carbons (Fsp3) is 0.500. The molecular weight excluding hydrogens is 310 g/mol. The Morgan fingerprint density at radius 2 is 2.16 bits per heavy atom. The lowest BCUT2D eigenvalue weighted by Crippen LogP contribution is -2.33. The molecule has 1 aromatic rings. The van der Waals surface area contributed by atoms with Gasteiger partial charge in [-0.05, 0) is 53.2 Å². The molecular formula is C14H14BrNO3. The molecule has 1 fully saturated rings. The Balaban J connectivity index is 2.21. The summed E-state index contributed by atoms with van der Waals surface area (Å²) in [5.41, 5.74) is 1.76. The Labute approximate surface area is 119 Å². The summed E-state index contributed by atoms with van der Waals surface area (Å²) in [5, 5.41) is 0. The zero-order chi connectivity index (χ0) is 13.5. The monoisotopic (exact) mass is 323 g/mol. The third-order valence-electron chi connectivity index (χ3n) is 4.00. The standard InChI is InChI=1S/C14H14BrNO3/c1-2-9-10(14(16-7-17)4-3-5-14)6-11(15)13-12(9)18-8-19-13/h6H,2-5,8H2,1H3. The van der Waals surface area contributed by atoms with E-state index in [0.29, 0.717) is 0 Å². The van der Waals surface area contributed by atoms with Gasteiger partial charge in [-0.3, -0.25) is 0 Å². The first-order valence-electron chi connectivity index (χ1n) is 6.42. The van der Waals surface area contributed by atoms with Gasteiger partial charge in [0.15, 0.2) is 11.5 Å². The molecule has 3 rings (SSSR count). The van der Waals surface area contributed by atoms with Gasteiger partial charge in [-0.25, -0.2) is 4.79 Å². The predicted molar refractivity (Wildman–Crippen MR) is 73.3 cm³/mol. The molecule has 5 heteroatoms. The number of hydrogen-bond donors (Lipinski definition) is 0. The van der Waals surface area contributed by atoms with Crippen LogP contribution in [0.5, 0.6) is 11.5 Å². The minimum atomic E-state index is -0.406. The molecule has 19 heavy (non-hydrogen) atoms. The third-order valence-corrected chi connectivity index (χ3v) is 4.58. The molecule has 0 N–H and O–H groups in total. The molecule has 0 saturated heterocycles. The van der Waals surface area contributed by atoms with Crippen molar-refractivity contribution < 1.29 is 14.3 Å². The summed E-state index contributed by atoms with van der Waals surface area (Å²) in [6.07, 6.45) is 5.42. The number of aliphatic imine (C=N–C) groups is 1. The maximum absolute atomic E-state index is 10.7. The second kappa shape index (κ2) is 4.66. The van der Waals surface area contributed by atoms with Gasteiger partial charge >= 0.3 is 0 Å². The predicted octanol–water partition coefficient (Wildman–Crippen LogP) is 3.46. The van der Waals surface area contributed by atoms with Crippen molar-refractivity contribution in [2.75, 3.05) is 6.79 Å². The summed E-state index contributed by atoms with van der Waals surface area (Å²) >= 11 is 3.51. The first-order chi connectivity index (χ1) is 9.22. The van der Waals surface area contributed by atoms with Crippen molar-refractivity contribution >= 4 is 22.0 Å². The highest BCUT2D eigenvalue weighted by Gasteiger charge is 2.42. The molecule has 4 nitrogen and oxygen atoms in total.